The van der Waals surface area contributed by atoms with E-state index in [4.69, 9.17) is 14.7 Å². The molecule has 1 aliphatic rings. The van der Waals surface area contributed by atoms with Crippen molar-refractivity contribution in [3.63, 3.8) is 0 Å². The first kappa shape index (κ1) is 18.6. The summed E-state index contributed by atoms with van der Waals surface area (Å²) < 4.78 is 5.17. The Bertz CT molecular complexity index is 1090. The molecule has 3 aromatic rings. The number of nitrogens with zero attached hydrogens (tertiary/aromatic N) is 2. The van der Waals surface area contributed by atoms with Crippen LogP contribution in [0.4, 0.5) is 11.4 Å². The van der Waals surface area contributed by atoms with E-state index in [1.807, 2.05) is 61.5 Å². The Morgan fingerprint density at radius 1 is 0.862 bits per heavy atom. The first-order valence-electron chi connectivity index (χ1n) is 9.39. The quantitative estimate of drug-likeness (QED) is 0.688. The Labute approximate surface area is 169 Å². The maximum absolute atomic E-state index is 12.9. The highest BCUT2D eigenvalue weighted by atomic mass is 16.5. The number of para-hydroxylation sites is 2. The third kappa shape index (κ3) is 3.94. The van der Waals surface area contributed by atoms with Gasteiger partial charge in [-0.2, -0.15) is 0 Å². The molecule has 0 aromatic heterocycles. The molecule has 1 amide bonds. The molecule has 0 spiro atoms. The maximum atomic E-state index is 12.9. The predicted octanol–water partition coefficient (Wildman–Crippen LogP) is 5.05. The van der Waals surface area contributed by atoms with Crippen molar-refractivity contribution in [3.05, 3.63) is 90.0 Å². The monoisotopic (exact) mass is 383 g/mol. The molecule has 144 valence electrons. The number of rotatable bonds is 3. The van der Waals surface area contributed by atoms with E-state index in [1.54, 1.807) is 31.4 Å². The van der Waals surface area contributed by atoms with Crippen LogP contribution in [0.5, 0.6) is 5.75 Å². The summed E-state index contributed by atoms with van der Waals surface area (Å²) in [5.41, 5.74) is 3.95. The minimum atomic E-state index is -0.245. The molecule has 4 rings (SSSR count). The average Bonchev–Trinajstić information content (AvgIpc) is 2.89. The van der Waals surface area contributed by atoms with Crippen LogP contribution in [0.2, 0.25) is 0 Å². The zero-order valence-corrected chi connectivity index (χ0v) is 16.3. The summed E-state index contributed by atoms with van der Waals surface area (Å²) in [5, 5.41) is 3.02. The standard InChI is InChI=1S/C24H21N3O2/c1-16-22(17-8-4-3-5-9-17)23(26-21-11-7-6-10-20(21)25-16)27-24(28)18-12-14-19(29-2)15-13-18/h3-15,22H,1-2H3,(H,26,27,28)/t22-/m0/s1. The van der Waals surface area contributed by atoms with Crippen LogP contribution >= 0.6 is 0 Å². The number of ether oxygens (including phenoxy) is 1. The predicted molar refractivity (Wildman–Crippen MR) is 116 cm³/mol. The van der Waals surface area contributed by atoms with Gasteiger partial charge >= 0.3 is 0 Å². The Balaban J connectivity index is 1.75. The van der Waals surface area contributed by atoms with Gasteiger partial charge in [0.15, 0.2) is 0 Å². The molecular weight excluding hydrogens is 362 g/mol. The second-order valence-corrected chi connectivity index (χ2v) is 6.77. The lowest BCUT2D eigenvalue weighted by Crippen LogP contribution is -2.37. The van der Waals surface area contributed by atoms with Crippen LogP contribution in [0.1, 0.15) is 28.8 Å². The molecule has 3 aromatic carbocycles. The molecule has 0 radical (unpaired) electrons. The van der Waals surface area contributed by atoms with E-state index in [1.165, 1.54) is 0 Å². The SMILES string of the molecule is COc1ccc(C(=O)NC2=Nc3ccccc3N=C(C)[C@H]2c2ccccc2)cc1. The van der Waals surface area contributed by atoms with Crippen molar-refractivity contribution >= 4 is 28.8 Å². The van der Waals surface area contributed by atoms with E-state index in [0.717, 1.165) is 22.6 Å². The molecule has 29 heavy (non-hydrogen) atoms. The first-order valence-corrected chi connectivity index (χ1v) is 9.39. The van der Waals surface area contributed by atoms with Crippen LogP contribution in [0.25, 0.3) is 0 Å². The first-order chi connectivity index (χ1) is 14.2. The zero-order chi connectivity index (χ0) is 20.2. The number of amides is 1. The summed E-state index contributed by atoms with van der Waals surface area (Å²) in [4.78, 5) is 22.5. The van der Waals surface area contributed by atoms with Crippen LogP contribution in [-0.2, 0) is 0 Å². The lowest BCUT2D eigenvalue weighted by atomic mass is 9.93. The molecule has 1 aliphatic heterocycles. The fraction of sp³-hybridized carbons (Fsp3) is 0.125. The van der Waals surface area contributed by atoms with E-state index in [0.29, 0.717) is 17.1 Å². The van der Waals surface area contributed by atoms with E-state index in [2.05, 4.69) is 5.32 Å². The Hall–Kier alpha value is -3.73. The summed E-state index contributed by atoms with van der Waals surface area (Å²) in [6.07, 6.45) is 0. The fourth-order valence-corrected chi connectivity index (χ4v) is 3.38. The highest BCUT2D eigenvalue weighted by Crippen LogP contribution is 2.34. The summed E-state index contributed by atoms with van der Waals surface area (Å²) in [6, 6.07) is 24.6. The Kier molecular flexibility index (Phi) is 5.20. The molecule has 0 aliphatic carbocycles. The second-order valence-electron chi connectivity index (χ2n) is 6.77. The number of aliphatic imine (C=N–C) groups is 2. The molecule has 1 atom stereocenters. The van der Waals surface area contributed by atoms with Gasteiger partial charge in [-0.1, -0.05) is 42.5 Å². The fourth-order valence-electron chi connectivity index (χ4n) is 3.38. The summed E-state index contributed by atoms with van der Waals surface area (Å²) in [5.74, 6) is 0.793. The van der Waals surface area contributed by atoms with Gasteiger partial charge < -0.3 is 10.1 Å². The average molecular weight is 383 g/mol. The van der Waals surface area contributed by atoms with Gasteiger partial charge in [0.2, 0.25) is 0 Å². The van der Waals surface area contributed by atoms with Crippen LogP contribution in [0.15, 0.2) is 88.8 Å². The molecule has 0 saturated heterocycles. The molecule has 0 saturated carbocycles. The van der Waals surface area contributed by atoms with Gasteiger partial charge in [-0.3, -0.25) is 9.79 Å². The number of benzene rings is 3. The van der Waals surface area contributed by atoms with Gasteiger partial charge in [0.1, 0.15) is 11.6 Å². The van der Waals surface area contributed by atoms with Gasteiger partial charge in [-0.05, 0) is 48.9 Å². The highest BCUT2D eigenvalue weighted by Gasteiger charge is 2.26. The normalized spacial score (nSPS) is 15.4. The third-order valence-electron chi connectivity index (χ3n) is 4.84. The molecular formula is C24H21N3O2. The van der Waals surface area contributed by atoms with E-state index >= 15 is 0 Å². The number of methoxy groups -OCH3 is 1. The summed E-state index contributed by atoms with van der Waals surface area (Å²) in [6.45, 7) is 1.97. The topological polar surface area (TPSA) is 63.0 Å². The Morgan fingerprint density at radius 2 is 1.48 bits per heavy atom. The van der Waals surface area contributed by atoms with Gasteiger partial charge in [0, 0.05) is 11.3 Å². The van der Waals surface area contributed by atoms with E-state index in [9.17, 15) is 4.79 Å². The number of nitrogens with one attached hydrogen (secondary N) is 1. The lowest BCUT2D eigenvalue weighted by Gasteiger charge is -2.19. The smallest absolute Gasteiger partial charge is 0.256 e. The largest absolute Gasteiger partial charge is 0.497 e. The van der Waals surface area contributed by atoms with Crippen molar-refractivity contribution < 1.29 is 9.53 Å². The van der Waals surface area contributed by atoms with Gasteiger partial charge in [0.25, 0.3) is 5.91 Å². The Morgan fingerprint density at radius 3 is 2.14 bits per heavy atom. The number of hydrogen-bond acceptors (Lipinski definition) is 4. The van der Waals surface area contributed by atoms with Crippen LogP contribution in [-0.4, -0.2) is 24.6 Å². The van der Waals surface area contributed by atoms with E-state index in [-0.39, 0.29) is 11.8 Å². The minimum Gasteiger partial charge on any atom is -0.497 e. The van der Waals surface area contributed by atoms with Crippen molar-refractivity contribution in [2.45, 2.75) is 12.8 Å². The van der Waals surface area contributed by atoms with Crippen molar-refractivity contribution in [1.29, 1.82) is 0 Å². The number of fused-ring (bicyclic) bond motifs is 1. The number of carbonyl (C=O) groups is 1. The minimum absolute atomic E-state index is 0.223. The van der Waals surface area contributed by atoms with Gasteiger partial charge in [-0.25, -0.2) is 4.99 Å². The van der Waals surface area contributed by atoms with Crippen molar-refractivity contribution in [2.24, 2.45) is 9.98 Å². The highest BCUT2D eigenvalue weighted by molar-refractivity contribution is 6.19. The third-order valence-corrected chi connectivity index (χ3v) is 4.84. The van der Waals surface area contributed by atoms with Crippen molar-refractivity contribution in [2.75, 3.05) is 7.11 Å². The van der Waals surface area contributed by atoms with Crippen LogP contribution < -0.4 is 10.1 Å². The summed E-state index contributed by atoms with van der Waals surface area (Å²) >= 11 is 0. The zero-order valence-electron chi connectivity index (χ0n) is 16.3. The maximum Gasteiger partial charge on any atom is 0.256 e. The summed E-state index contributed by atoms with van der Waals surface area (Å²) in [7, 11) is 1.60. The van der Waals surface area contributed by atoms with Crippen molar-refractivity contribution in [3.8, 4) is 5.75 Å². The molecule has 0 unspecified atom stereocenters. The molecule has 5 nitrogen and oxygen atoms in total. The molecule has 0 bridgehead atoms. The molecule has 1 heterocycles. The molecule has 5 heteroatoms. The van der Waals surface area contributed by atoms with Crippen molar-refractivity contribution in [1.82, 2.24) is 5.32 Å². The second kappa shape index (κ2) is 8.10. The molecule has 1 N–H and O–H groups in total. The number of hydrogen-bond donors (Lipinski definition) is 1. The number of carbonyl (C=O) groups excluding carboxylic acids is 1. The van der Waals surface area contributed by atoms with Crippen LogP contribution in [0, 0.1) is 0 Å². The number of amidine groups is 1. The van der Waals surface area contributed by atoms with Gasteiger partial charge in [0.05, 0.1) is 24.4 Å². The van der Waals surface area contributed by atoms with Crippen LogP contribution in [0.3, 0.4) is 0 Å². The van der Waals surface area contributed by atoms with E-state index < -0.39 is 0 Å². The van der Waals surface area contributed by atoms with Gasteiger partial charge in [-0.15, -0.1) is 0 Å². The lowest BCUT2D eigenvalue weighted by molar-refractivity contribution is 0.0976. The molecule has 0 fully saturated rings.